The van der Waals surface area contributed by atoms with E-state index in [1.807, 2.05) is 0 Å². The monoisotopic (exact) mass is 402 g/mol. The third-order valence-electron chi connectivity index (χ3n) is 5.28. The maximum Gasteiger partial charge on any atom is 0.259 e. The summed E-state index contributed by atoms with van der Waals surface area (Å²) in [5.74, 6) is 0.673. The van der Waals surface area contributed by atoms with E-state index < -0.39 is 5.82 Å². The van der Waals surface area contributed by atoms with Crippen molar-refractivity contribution >= 4 is 34.3 Å². The van der Waals surface area contributed by atoms with E-state index in [-0.39, 0.29) is 28.3 Å². The Morgan fingerprint density at radius 3 is 2.96 bits per heavy atom. The van der Waals surface area contributed by atoms with Crippen LogP contribution < -0.4 is 10.9 Å². The zero-order valence-corrected chi connectivity index (χ0v) is 16.6. The minimum atomic E-state index is -0.495. The molecular weight excluding hydrogens is 379 g/mol. The van der Waals surface area contributed by atoms with Gasteiger partial charge < -0.3 is 10.3 Å². The predicted octanol–water partition coefficient (Wildman–Crippen LogP) is 3.12. The summed E-state index contributed by atoms with van der Waals surface area (Å²) in [7, 11) is 0. The first-order chi connectivity index (χ1) is 13.5. The van der Waals surface area contributed by atoms with E-state index in [2.05, 4.69) is 20.3 Å². The number of aliphatic imine (C=N–C) groups is 1. The molecule has 2 unspecified atom stereocenters. The van der Waals surface area contributed by atoms with E-state index in [4.69, 9.17) is 0 Å². The van der Waals surface area contributed by atoms with Crippen molar-refractivity contribution in [2.45, 2.75) is 62.7 Å². The molecule has 1 aromatic heterocycles. The number of fused-ring (bicyclic) bond motifs is 2. The van der Waals surface area contributed by atoms with Gasteiger partial charge in [0, 0.05) is 12.2 Å². The number of aromatic amines is 1. The molecule has 148 valence electrons. The third-order valence-corrected chi connectivity index (χ3v) is 6.24. The minimum Gasteiger partial charge on any atom is -0.363 e. The Hall–Kier alpha value is -2.22. The summed E-state index contributed by atoms with van der Waals surface area (Å²) in [6.45, 7) is 1.74. The number of carbonyl (C=O) groups is 1. The number of nitrogens with one attached hydrogen (secondary N) is 2. The Morgan fingerprint density at radius 2 is 2.14 bits per heavy atom. The molecule has 2 heterocycles. The van der Waals surface area contributed by atoms with Crippen molar-refractivity contribution in [3.8, 4) is 0 Å². The van der Waals surface area contributed by atoms with Crippen molar-refractivity contribution in [2.75, 3.05) is 5.75 Å². The molecule has 0 amide bonds. The fourth-order valence-corrected chi connectivity index (χ4v) is 4.67. The third kappa shape index (κ3) is 3.97. The molecule has 2 N–H and O–H groups in total. The molecule has 1 aromatic carbocycles. The zero-order valence-electron chi connectivity index (χ0n) is 15.8. The van der Waals surface area contributed by atoms with Gasteiger partial charge in [-0.1, -0.05) is 24.6 Å². The standard InChI is InChI=1S/C20H23FN4O2S/c1-11-9-12-17(13(21)10-11)24-20(25-19(12)27)28-8-4-7-16(26)18-22-14-5-2-3-6-15(14)23-18/h9-10,14-15H,2-8H2,1H3,(H,22,23)(H,24,25,27). The largest absolute Gasteiger partial charge is 0.363 e. The lowest BCUT2D eigenvalue weighted by Gasteiger charge is -2.23. The van der Waals surface area contributed by atoms with Crippen LogP contribution in [0.4, 0.5) is 4.39 Å². The molecule has 2 aromatic rings. The summed E-state index contributed by atoms with van der Waals surface area (Å²) >= 11 is 1.32. The normalized spacial score (nSPS) is 21.3. The summed E-state index contributed by atoms with van der Waals surface area (Å²) in [6, 6.07) is 3.58. The highest BCUT2D eigenvalue weighted by molar-refractivity contribution is 7.99. The van der Waals surface area contributed by atoms with Crippen molar-refractivity contribution in [3.63, 3.8) is 0 Å². The topological polar surface area (TPSA) is 87.2 Å². The molecule has 1 saturated carbocycles. The second-order valence-electron chi connectivity index (χ2n) is 7.47. The second-order valence-corrected chi connectivity index (χ2v) is 8.55. The fourth-order valence-electron chi connectivity index (χ4n) is 3.87. The van der Waals surface area contributed by atoms with Crippen LogP contribution in [0.2, 0.25) is 0 Å². The highest BCUT2D eigenvalue weighted by Crippen LogP contribution is 2.25. The number of Topliss-reactive ketones (excluding diaryl/α,β-unsaturated/α-hetero) is 1. The van der Waals surface area contributed by atoms with E-state index in [9.17, 15) is 14.0 Å². The number of carbonyl (C=O) groups excluding carboxylic acids is 1. The number of hydrogen-bond donors (Lipinski definition) is 2. The van der Waals surface area contributed by atoms with Crippen LogP contribution in [0.3, 0.4) is 0 Å². The number of benzene rings is 1. The summed E-state index contributed by atoms with van der Waals surface area (Å²) < 4.78 is 14.1. The van der Waals surface area contributed by atoms with E-state index in [0.717, 1.165) is 12.8 Å². The number of aromatic nitrogens is 2. The smallest absolute Gasteiger partial charge is 0.259 e. The lowest BCUT2D eigenvalue weighted by Crippen LogP contribution is -2.39. The summed E-state index contributed by atoms with van der Waals surface area (Å²) in [6.07, 6.45) is 5.54. The van der Waals surface area contributed by atoms with Crippen LogP contribution in [0.5, 0.6) is 0 Å². The SMILES string of the molecule is Cc1cc(F)c2nc(SCCCC(=O)C3=NC4CCCCC4N3)[nH]c(=O)c2c1. The maximum absolute atomic E-state index is 14.1. The molecule has 1 aliphatic carbocycles. The number of aryl methyl sites for hydroxylation is 1. The Kier molecular flexibility index (Phi) is 5.48. The van der Waals surface area contributed by atoms with Crippen molar-refractivity contribution in [1.82, 2.24) is 15.3 Å². The molecule has 1 aliphatic heterocycles. The van der Waals surface area contributed by atoms with Gasteiger partial charge in [0.15, 0.2) is 16.8 Å². The van der Waals surface area contributed by atoms with Gasteiger partial charge in [-0.05, 0) is 43.9 Å². The number of nitrogens with zero attached hydrogens (tertiary/aromatic N) is 2. The van der Waals surface area contributed by atoms with Gasteiger partial charge >= 0.3 is 0 Å². The van der Waals surface area contributed by atoms with E-state index in [1.54, 1.807) is 13.0 Å². The van der Waals surface area contributed by atoms with Gasteiger partial charge in [0.05, 0.1) is 17.5 Å². The maximum atomic E-state index is 14.1. The van der Waals surface area contributed by atoms with Gasteiger partial charge in [-0.15, -0.1) is 0 Å². The van der Waals surface area contributed by atoms with Gasteiger partial charge in [0.25, 0.3) is 5.56 Å². The number of amidine groups is 1. The number of rotatable bonds is 6. The predicted molar refractivity (Wildman–Crippen MR) is 109 cm³/mol. The zero-order chi connectivity index (χ0) is 19.7. The van der Waals surface area contributed by atoms with Crippen LogP contribution in [0.25, 0.3) is 10.9 Å². The molecule has 6 nitrogen and oxygen atoms in total. The molecule has 0 bridgehead atoms. The quantitative estimate of drug-likeness (QED) is 0.440. The van der Waals surface area contributed by atoms with Crippen LogP contribution in [0, 0.1) is 12.7 Å². The van der Waals surface area contributed by atoms with E-state index in [1.165, 1.54) is 30.7 Å². The first-order valence-electron chi connectivity index (χ1n) is 9.72. The molecule has 0 radical (unpaired) electrons. The van der Waals surface area contributed by atoms with Gasteiger partial charge in [-0.25, -0.2) is 9.37 Å². The van der Waals surface area contributed by atoms with Gasteiger partial charge in [-0.2, -0.15) is 0 Å². The average molecular weight is 402 g/mol. The number of hydrogen-bond acceptors (Lipinski definition) is 6. The van der Waals surface area contributed by atoms with Crippen LogP contribution in [-0.2, 0) is 4.79 Å². The average Bonchev–Trinajstić information content (AvgIpc) is 3.10. The van der Waals surface area contributed by atoms with Gasteiger partial charge in [0.1, 0.15) is 11.3 Å². The first-order valence-corrected chi connectivity index (χ1v) is 10.7. The first kappa shape index (κ1) is 19.1. The summed E-state index contributed by atoms with van der Waals surface area (Å²) in [5, 5.41) is 3.91. The molecular formula is C20H23FN4O2S. The lowest BCUT2D eigenvalue weighted by molar-refractivity contribution is -0.113. The Balaban J connectivity index is 1.33. The lowest BCUT2D eigenvalue weighted by atomic mass is 9.92. The molecule has 2 atom stereocenters. The second kappa shape index (κ2) is 8.03. The van der Waals surface area contributed by atoms with Crippen molar-refractivity contribution in [3.05, 3.63) is 33.9 Å². The minimum absolute atomic E-state index is 0.0384. The number of halogens is 1. The van der Waals surface area contributed by atoms with Crippen molar-refractivity contribution < 1.29 is 9.18 Å². The van der Waals surface area contributed by atoms with Gasteiger partial charge in [-0.3, -0.25) is 14.6 Å². The number of ketones is 1. The number of H-pyrrole nitrogens is 1. The summed E-state index contributed by atoms with van der Waals surface area (Å²) in [5.41, 5.74) is 0.415. The Bertz CT molecular complexity index is 1000. The molecule has 28 heavy (non-hydrogen) atoms. The molecule has 2 aliphatic rings. The van der Waals surface area contributed by atoms with E-state index >= 15 is 0 Å². The summed E-state index contributed by atoms with van der Waals surface area (Å²) in [4.78, 5) is 36.0. The van der Waals surface area contributed by atoms with Crippen molar-refractivity contribution in [1.29, 1.82) is 0 Å². The van der Waals surface area contributed by atoms with Crippen LogP contribution in [-0.4, -0.2) is 39.4 Å². The highest BCUT2D eigenvalue weighted by Gasteiger charge is 2.32. The molecule has 1 fully saturated rings. The van der Waals surface area contributed by atoms with Crippen molar-refractivity contribution in [2.24, 2.45) is 4.99 Å². The van der Waals surface area contributed by atoms with E-state index in [0.29, 0.717) is 41.2 Å². The Morgan fingerprint density at radius 1 is 1.32 bits per heavy atom. The van der Waals surface area contributed by atoms with Gasteiger partial charge in [0.2, 0.25) is 0 Å². The van der Waals surface area contributed by atoms with Crippen LogP contribution in [0.15, 0.2) is 27.1 Å². The fraction of sp³-hybridized carbons (Fsp3) is 0.500. The molecule has 8 heteroatoms. The van der Waals surface area contributed by atoms with Crippen LogP contribution in [0.1, 0.15) is 44.1 Å². The number of thioether (sulfide) groups is 1. The Labute approximate surface area is 166 Å². The molecule has 0 saturated heterocycles. The van der Waals surface area contributed by atoms with Crippen LogP contribution >= 0.6 is 11.8 Å². The molecule has 0 spiro atoms. The molecule has 4 rings (SSSR count). The highest BCUT2D eigenvalue weighted by atomic mass is 32.2.